The van der Waals surface area contributed by atoms with Crippen LogP contribution in [0.5, 0.6) is 0 Å². The molecule has 1 amide bonds. The largest absolute Gasteiger partial charge is 0.369 e. The summed E-state index contributed by atoms with van der Waals surface area (Å²) in [6, 6.07) is 14.9. The molecule has 37 heavy (non-hydrogen) atoms. The summed E-state index contributed by atoms with van der Waals surface area (Å²) < 4.78 is 0. The number of carbonyl (C=O) groups is 1. The number of hydrogen-bond acceptors (Lipinski definition) is 6. The van der Waals surface area contributed by atoms with Crippen LogP contribution in [-0.4, -0.2) is 65.0 Å². The Labute approximate surface area is 217 Å². The quantitative estimate of drug-likeness (QED) is 0.441. The van der Waals surface area contributed by atoms with Crippen molar-refractivity contribution in [1.29, 1.82) is 0 Å². The van der Waals surface area contributed by atoms with E-state index in [0.29, 0.717) is 6.54 Å². The minimum atomic E-state index is -0.279. The zero-order valence-electron chi connectivity index (χ0n) is 21.5. The number of nitrogens with zero attached hydrogens (tertiary/aromatic N) is 5. The number of aromatic nitrogens is 3. The van der Waals surface area contributed by atoms with Crippen molar-refractivity contribution in [2.75, 3.05) is 49.1 Å². The van der Waals surface area contributed by atoms with E-state index in [2.05, 4.69) is 76.0 Å². The number of nitrogens with two attached hydrogens (primary N) is 1. The molecule has 1 fully saturated rings. The summed E-state index contributed by atoms with van der Waals surface area (Å²) in [7, 11) is 0. The lowest BCUT2D eigenvalue weighted by Crippen LogP contribution is -2.49. The van der Waals surface area contributed by atoms with E-state index in [9.17, 15) is 4.79 Å². The first-order chi connectivity index (χ1) is 18.0. The number of fused-ring (bicyclic) bond motifs is 2. The molecule has 2 aliphatic rings. The molecule has 0 radical (unpaired) electrons. The number of anilines is 2. The number of amides is 1. The number of primary amides is 1. The lowest BCUT2D eigenvalue weighted by atomic mass is 10.0. The SMILES string of the molecule is Cc1ccccc1N1CCc2nc(-c3cccc4[nH]cc(C)c34)nc(N3CCN(CC(N)=O)CC3)c2C1. The first-order valence-corrected chi connectivity index (χ1v) is 13.0. The monoisotopic (exact) mass is 495 g/mol. The van der Waals surface area contributed by atoms with Crippen molar-refractivity contribution in [2.24, 2.45) is 5.73 Å². The molecule has 2 aromatic heterocycles. The number of piperazine rings is 1. The van der Waals surface area contributed by atoms with Crippen LogP contribution in [0.1, 0.15) is 22.4 Å². The molecule has 190 valence electrons. The molecule has 0 aliphatic carbocycles. The molecule has 2 aromatic carbocycles. The van der Waals surface area contributed by atoms with E-state index in [1.807, 2.05) is 6.20 Å². The molecule has 3 N–H and O–H groups in total. The second kappa shape index (κ2) is 9.52. The Morgan fingerprint density at radius 2 is 1.76 bits per heavy atom. The molecule has 4 aromatic rings. The van der Waals surface area contributed by atoms with E-state index in [4.69, 9.17) is 15.7 Å². The number of H-pyrrole nitrogens is 1. The average Bonchev–Trinajstić information content (AvgIpc) is 3.29. The van der Waals surface area contributed by atoms with Crippen molar-refractivity contribution < 1.29 is 4.79 Å². The van der Waals surface area contributed by atoms with E-state index >= 15 is 0 Å². The predicted molar refractivity (Wildman–Crippen MR) is 148 cm³/mol. The standard InChI is InChI=1S/C29H33N7O/c1-19-6-3-4-9-25(19)36-11-10-23-22(17-36)29(35-14-12-34(13-15-35)18-26(30)37)33-28(32-23)21-7-5-8-24-27(21)20(2)16-31-24/h3-9,16,31H,10-15,17-18H2,1-2H3,(H2,30,37). The Kier molecular flexibility index (Phi) is 6.04. The van der Waals surface area contributed by atoms with Crippen molar-refractivity contribution in [1.82, 2.24) is 19.9 Å². The lowest BCUT2D eigenvalue weighted by Gasteiger charge is -2.38. The van der Waals surface area contributed by atoms with Gasteiger partial charge in [-0.3, -0.25) is 9.69 Å². The number of hydrogen-bond donors (Lipinski definition) is 2. The Balaban J connectivity index is 1.42. The van der Waals surface area contributed by atoms with Gasteiger partial charge in [-0.2, -0.15) is 0 Å². The molecular formula is C29H33N7O. The fraction of sp³-hybridized carbons (Fsp3) is 0.345. The molecule has 2 aliphatic heterocycles. The Morgan fingerprint density at radius 1 is 0.946 bits per heavy atom. The third kappa shape index (κ3) is 4.42. The summed E-state index contributed by atoms with van der Waals surface area (Å²) in [6.45, 7) is 9.47. The highest BCUT2D eigenvalue weighted by atomic mass is 16.1. The molecule has 0 saturated carbocycles. The van der Waals surface area contributed by atoms with Crippen molar-refractivity contribution in [2.45, 2.75) is 26.8 Å². The van der Waals surface area contributed by atoms with E-state index in [1.54, 1.807) is 0 Å². The van der Waals surface area contributed by atoms with Crippen LogP contribution in [0.4, 0.5) is 11.5 Å². The van der Waals surface area contributed by atoms with Crippen LogP contribution in [0.15, 0.2) is 48.7 Å². The van der Waals surface area contributed by atoms with Crippen LogP contribution in [0.2, 0.25) is 0 Å². The first-order valence-electron chi connectivity index (χ1n) is 13.0. The van der Waals surface area contributed by atoms with Gasteiger partial charge in [-0.15, -0.1) is 0 Å². The molecule has 6 rings (SSSR count). The maximum Gasteiger partial charge on any atom is 0.231 e. The Hall–Kier alpha value is -3.91. The average molecular weight is 496 g/mol. The molecule has 0 spiro atoms. The fourth-order valence-electron chi connectivity index (χ4n) is 5.78. The zero-order chi connectivity index (χ0) is 25.5. The topological polar surface area (TPSA) is 94.4 Å². The second-order valence-corrected chi connectivity index (χ2v) is 10.2. The highest BCUT2D eigenvalue weighted by Gasteiger charge is 2.29. The van der Waals surface area contributed by atoms with Gasteiger partial charge in [0.15, 0.2) is 5.82 Å². The van der Waals surface area contributed by atoms with Crippen molar-refractivity contribution in [3.63, 3.8) is 0 Å². The molecule has 4 heterocycles. The van der Waals surface area contributed by atoms with Crippen molar-refractivity contribution in [3.8, 4) is 11.4 Å². The van der Waals surface area contributed by atoms with Crippen LogP contribution >= 0.6 is 0 Å². The maximum absolute atomic E-state index is 11.5. The lowest BCUT2D eigenvalue weighted by molar-refractivity contribution is -0.119. The number of rotatable bonds is 5. The van der Waals surface area contributed by atoms with Crippen LogP contribution in [0, 0.1) is 13.8 Å². The molecule has 0 atom stereocenters. The summed E-state index contributed by atoms with van der Waals surface area (Å²) in [5, 5.41) is 1.18. The van der Waals surface area contributed by atoms with Crippen LogP contribution < -0.4 is 15.5 Å². The third-order valence-corrected chi connectivity index (χ3v) is 7.69. The smallest absolute Gasteiger partial charge is 0.231 e. The highest BCUT2D eigenvalue weighted by molar-refractivity contribution is 5.96. The van der Waals surface area contributed by atoms with Crippen LogP contribution in [-0.2, 0) is 17.8 Å². The van der Waals surface area contributed by atoms with Gasteiger partial charge in [-0.05, 0) is 37.1 Å². The van der Waals surface area contributed by atoms with Gasteiger partial charge in [-0.1, -0.05) is 30.3 Å². The number of carbonyl (C=O) groups excluding carboxylic acids is 1. The molecule has 1 saturated heterocycles. The Bertz CT molecular complexity index is 1470. The van der Waals surface area contributed by atoms with E-state index in [-0.39, 0.29) is 5.91 Å². The normalized spacial score (nSPS) is 16.3. The second-order valence-electron chi connectivity index (χ2n) is 10.2. The molecular weight excluding hydrogens is 462 g/mol. The van der Waals surface area contributed by atoms with Gasteiger partial charge in [0.2, 0.25) is 5.91 Å². The maximum atomic E-state index is 11.5. The van der Waals surface area contributed by atoms with Crippen LogP contribution in [0.3, 0.4) is 0 Å². The summed E-state index contributed by atoms with van der Waals surface area (Å²) in [6.07, 6.45) is 2.92. The van der Waals surface area contributed by atoms with Gasteiger partial charge in [0.05, 0.1) is 12.2 Å². The van der Waals surface area contributed by atoms with E-state index in [0.717, 1.165) is 74.1 Å². The van der Waals surface area contributed by atoms with Gasteiger partial charge in [0.25, 0.3) is 0 Å². The van der Waals surface area contributed by atoms with Gasteiger partial charge in [-0.25, -0.2) is 9.97 Å². The van der Waals surface area contributed by atoms with Crippen molar-refractivity contribution in [3.05, 3.63) is 71.0 Å². The summed E-state index contributed by atoms with van der Waals surface area (Å²) in [5.74, 6) is 1.52. The Morgan fingerprint density at radius 3 is 2.54 bits per heavy atom. The number of nitrogens with one attached hydrogen (secondary N) is 1. The van der Waals surface area contributed by atoms with E-state index < -0.39 is 0 Å². The molecule has 0 unspecified atom stereocenters. The van der Waals surface area contributed by atoms with Crippen LogP contribution in [0.25, 0.3) is 22.3 Å². The molecule has 0 bridgehead atoms. The summed E-state index contributed by atoms with van der Waals surface area (Å²) in [4.78, 5) is 32.2. The van der Waals surface area contributed by atoms with Gasteiger partial charge < -0.3 is 20.5 Å². The van der Waals surface area contributed by atoms with Crippen molar-refractivity contribution >= 4 is 28.3 Å². The molecule has 8 heteroatoms. The van der Waals surface area contributed by atoms with Gasteiger partial charge >= 0.3 is 0 Å². The highest BCUT2D eigenvalue weighted by Crippen LogP contribution is 2.35. The minimum absolute atomic E-state index is 0.279. The summed E-state index contributed by atoms with van der Waals surface area (Å²) in [5.41, 5.74) is 13.7. The number of para-hydroxylation sites is 1. The summed E-state index contributed by atoms with van der Waals surface area (Å²) >= 11 is 0. The number of benzene rings is 2. The predicted octanol–water partition coefficient (Wildman–Crippen LogP) is 3.41. The third-order valence-electron chi connectivity index (χ3n) is 7.69. The fourth-order valence-corrected chi connectivity index (χ4v) is 5.78. The number of aromatic amines is 1. The molecule has 8 nitrogen and oxygen atoms in total. The zero-order valence-corrected chi connectivity index (χ0v) is 21.5. The van der Waals surface area contributed by atoms with Gasteiger partial charge in [0.1, 0.15) is 5.82 Å². The number of aryl methyl sites for hydroxylation is 2. The van der Waals surface area contributed by atoms with Gasteiger partial charge in [0, 0.05) is 79.6 Å². The first kappa shape index (κ1) is 23.5. The minimum Gasteiger partial charge on any atom is -0.369 e. The van der Waals surface area contributed by atoms with E-state index in [1.165, 1.54) is 27.8 Å².